The van der Waals surface area contributed by atoms with Crippen molar-refractivity contribution in [3.8, 4) is 16.9 Å². The first-order valence-corrected chi connectivity index (χ1v) is 7.10. The molecule has 120 valence electrons. The number of aryl methyl sites for hydroxylation is 1. The maximum absolute atomic E-state index is 13.2. The van der Waals surface area contributed by atoms with Gasteiger partial charge in [-0.2, -0.15) is 13.2 Å². The summed E-state index contributed by atoms with van der Waals surface area (Å²) in [5.74, 6) is -0.422. The molecule has 23 heavy (non-hydrogen) atoms. The standard InChI is InChI=1S/C17H14F3NO2/c18-17(19,20)16-9-14(22)5-6-15(16)11-2-1-10-3-4-13(21-23)8-12(10)7-11/h1-2,5-7,9,22-23H,3-4,8H2/b21-13-. The number of hydrogen-bond acceptors (Lipinski definition) is 3. The lowest BCUT2D eigenvalue weighted by atomic mass is 9.87. The lowest BCUT2D eigenvalue weighted by Gasteiger charge is -2.19. The Bertz CT molecular complexity index is 782. The van der Waals surface area contributed by atoms with E-state index in [0.717, 1.165) is 17.2 Å². The van der Waals surface area contributed by atoms with Gasteiger partial charge in [0, 0.05) is 6.42 Å². The molecule has 2 aromatic carbocycles. The van der Waals surface area contributed by atoms with Crippen molar-refractivity contribution in [2.24, 2.45) is 5.16 Å². The van der Waals surface area contributed by atoms with Gasteiger partial charge in [-0.15, -0.1) is 0 Å². The molecule has 0 aromatic heterocycles. The summed E-state index contributed by atoms with van der Waals surface area (Å²) in [6.07, 6.45) is -2.77. The van der Waals surface area contributed by atoms with Crippen LogP contribution in [0.4, 0.5) is 13.2 Å². The monoisotopic (exact) mass is 321 g/mol. The second-order valence-corrected chi connectivity index (χ2v) is 5.55. The van der Waals surface area contributed by atoms with E-state index < -0.39 is 17.5 Å². The minimum atomic E-state index is -4.55. The number of phenols is 1. The molecule has 2 aromatic rings. The van der Waals surface area contributed by atoms with Crippen LogP contribution >= 0.6 is 0 Å². The molecule has 0 amide bonds. The second kappa shape index (κ2) is 5.61. The summed E-state index contributed by atoms with van der Waals surface area (Å²) in [6.45, 7) is 0. The van der Waals surface area contributed by atoms with Gasteiger partial charge in [0.1, 0.15) is 5.75 Å². The van der Waals surface area contributed by atoms with Gasteiger partial charge in [-0.3, -0.25) is 0 Å². The van der Waals surface area contributed by atoms with E-state index in [2.05, 4.69) is 5.16 Å². The van der Waals surface area contributed by atoms with Crippen LogP contribution in [0.5, 0.6) is 5.75 Å². The molecule has 0 bridgehead atoms. The van der Waals surface area contributed by atoms with Gasteiger partial charge in [0.2, 0.25) is 0 Å². The fourth-order valence-electron chi connectivity index (χ4n) is 2.89. The van der Waals surface area contributed by atoms with Gasteiger partial charge in [-0.25, -0.2) is 0 Å². The van der Waals surface area contributed by atoms with Gasteiger partial charge in [-0.1, -0.05) is 29.4 Å². The van der Waals surface area contributed by atoms with Crippen molar-refractivity contribution >= 4 is 5.71 Å². The molecule has 6 heteroatoms. The van der Waals surface area contributed by atoms with Crippen LogP contribution in [0.2, 0.25) is 0 Å². The van der Waals surface area contributed by atoms with Crippen LogP contribution in [-0.4, -0.2) is 16.0 Å². The topological polar surface area (TPSA) is 52.8 Å². The highest BCUT2D eigenvalue weighted by Crippen LogP contribution is 2.39. The van der Waals surface area contributed by atoms with Gasteiger partial charge in [0.15, 0.2) is 0 Å². The van der Waals surface area contributed by atoms with Crippen LogP contribution in [0.15, 0.2) is 41.6 Å². The van der Waals surface area contributed by atoms with E-state index in [4.69, 9.17) is 5.21 Å². The highest BCUT2D eigenvalue weighted by atomic mass is 19.4. The molecule has 2 N–H and O–H groups in total. The fraction of sp³-hybridized carbons (Fsp3) is 0.235. The Morgan fingerprint density at radius 2 is 1.74 bits per heavy atom. The Balaban J connectivity index is 2.10. The summed E-state index contributed by atoms with van der Waals surface area (Å²) >= 11 is 0. The van der Waals surface area contributed by atoms with Crippen LogP contribution in [0.1, 0.15) is 23.1 Å². The molecule has 1 aliphatic carbocycles. The average molecular weight is 321 g/mol. The van der Waals surface area contributed by atoms with Crippen LogP contribution in [-0.2, 0) is 19.0 Å². The Hall–Kier alpha value is -2.50. The number of nitrogens with zero attached hydrogens (tertiary/aromatic N) is 1. The van der Waals surface area contributed by atoms with Crippen molar-refractivity contribution in [2.45, 2.75) is 25.4 Å². The minimum absolute atomic E-state index is 0.0196. The number of alkyl halides is 3. The number of aromatic hydroxyl groups is 1. The third kappa shape index (κ3) is 3.02. The van der Waals surface area contributed by atoms with E-state index in [9.17, 15) is 18.3 Å². The summed E-state index contributed by atoms with van der Waals surface area (Å²) in [4.78, 5) is 0. The van der Waals surface area contributed by atoms with E-state index >= 15 is 0 Å². The zero-order valence-corrected chi connectivity index (χ0v) is 12.1. The first-order chi connectivity index (χ1) is 10.9. The van der Waals surface area contributed by atoms with Crippen molar-refractivity contribution < 1.29 is 23.5 Å². The van der Waals surface area contributed by atoms with Crippen molar-refractivity contribution in [1.82, 2.24) is 0 Å². The van der Waals surface area contributed by atoms with Crippen LogP contribution in [0.25, 0.3) is 11.1 Å². The third-order valence-corrected chi connectivity index (χ3v) is 4.04. The van der Waals surface area contributed by atoms with E-state index in [1.54, 1.807) is 12.1 Å². The maximum Gasteiger partial charge on any atom is 0.417 e. The number of rotatable bonds is 1. The summed E-state index contributed by atoms with van der Waals surface area (Å²) in [7, 11) is 0. The molecular formula is C17H14F3NO2. The molecule has 3 nitrogen and oxygen atoms in total. The number of hydrogen-bond donors (Lipinski definition) is 2. The van der Waals surface area contributed by atoms with Crippen molar-refractivity contribution in [2.75, 3.05) is 0 Å². The summed E-state index contributed by atoms with van der Waals surface area (Å²) in [5.41, 5.74) is 2.11. The molecule has 0 spiro atoms. The largest absolute Gasteiger partial charge is 0.508 e. The van der Waals surface area contributed by atoms with E-state index in [1.165, 1.54) is 12.1 Å². The molecule has 0 unspecified atom stereocenters. The molecule has 0 atom stereocenters. The maximum atomic E-state index is 13.2. The van der Waals surface area contributed by atoms with Gasteiger partial charge in [0.25, 0.3) is 0 Å². The zero-order chi connectivity index (χ0) is 16.6. The van der Waals surface area contributed by atoms with Crippen LogP contribution in [0.3, 0.4) is 0 Å². The SMILES string of the molecule is O/N=C1/CCc2ccc(-c3ccc(O)cc3C(F)(F)F)cc2C1. The van der Waals surface area contributed by atoms with E-state index in [0.29, 0.717) is 30.5 Å². The Labute approximate surface area is 130 Å². The van der Waals surface area contributed by atoms with E-state index in [1.807, 2.05) is 6.07 Å². The highest BCUT2D eigenvalue weighted by Gasteiger charge is 2.34. The van der Waals surface area contributed by atoms with Gasteiger partial charge >= 0.3 is 6.18 Å². The number of benzene rings is 2. The third-order valence-electron chi connectivity index (χ3n) is 4.04. The van der Waals surface area contributed by atoms with Crippen LogP contribution < -0.4 is 0 Å². The Kier molecular flexibility index (Phi) is 3.75. The lowest BCUT2D eigenvalue weighted by molar-refractivity contribution is -0.137. The number of halogens is 3. The summed E-state index contributed by atoms with van der Waals surface area (Å²) < 4.78 is 39.6. The van der Waals surface area contributed by atoms with Crippen LogP contribution in [0, 0.1) is 0 Å². The minimum Gasteiger partial charge on any atom is -0.508 e. The number of oxime groups is 1. The predicted octanol–water partition coefficient (Wildman–Crippen LogP) is 4.40. The molecule has 0 aliphatic heterocycles. The molecule has 0 saturated heterocycles. The van der Waals surface area contributed by atoms with Gasteiger partial charge in [0.05, 0.1) is 11.3 Å². The Morgan fingerprint density at radius 3 is 2.43 bits per heavy atom. The molecule has 0 fully saturated rings. The molecule has 3 rings (SSSR count). The second-order valence-electron chi connectivity index (χ2n) is 5.55. The molecule has 0 heterocycles. The average Bonchev–Trinajstić information content (AvgIpc) is 2.53. The molecular weight excluding hydrogens is 307 g/mol. The lowest BCUT2D eigenvalue weighted by Crippen LogP contribution is -2.14. The summed E-state index contributed by atoms with van der Waals surface area (Å²) in [6, 6.07) is 8.40. The first-order valence-electron chi connectivity index (χ1n) is 7.10. The molecule has 0 saturated carbocycles. The molecule has 1 aliphatic rings. The number of fused-ring (bicyclic) bond motifs is 1. The van der Waals surface area contributed by atoms with Crippen molar-refractivity contribution in [3.05, 3.63) is 53.1 Å². The first kappa shape index (κ1) is 15.4. The Morgan fingerprint density at radius 1 is 0.957 bits per heavy atom. The zero-order valence-electron chi connectivity index (χ0n) is 12.1. The predicted molar refractivity (Wildman–Crippen MR) is 79.8 cm³/mol. The fourth-order valence-corrected chi connectivity index (χ4v) is 2.89. The normalized spacial score (nSPS) is 16.4. The van der Waals surface area contributed by atoms with Crippen molar-refractivity contribution in [3.63, 3.8) is 0 Å². The highest BCUT2D eigenvalue weighted by molar-refractivity contribution is 5.88. The smallest absolute Gasteiger partial charge is 0.417 e. The summed E-state index contributed by atoms with van der Waals surface area (Å²) in [5, 5.41) is 21.5. The van der Waals surface area contributed by atoms with E-state index in [-0.39, 0.29) is 5.56 Å². The molecule has 0 radical (unpaired) electrons. The van der Waals surface area contributed by atoms with Crippen molar-refractivity contribution in [1.29, 1.82) is 0 Å². The van der Waals surface area contributed by atoms with Gasteiger partial charge in [-0.05, 0) is 47.2 Å². The number of phenolic OH excluding ortho intramolecular Hbond substituents is 1. The quantitative estimate of drug-likeness (QED) is 0.604. The van der Waals surface area contributed by atoms with Gasteiger partial charge < -0.3 is 10.3 Å².